The summed E-state index contributed by atoms with van der Waals surface area (Å²) in [5.41, 5.74) is 1.03. The van der Waals surface area contributed by atoms with E-state index in [0.29, 0.717) is 41.1 Å². The molecule has 1 atom stereocenters. The molecule has 1 heterocycles. The van der Waals surface area contributed by atoms with Crippen molar-refractivity contribution in [2.24, 2.45) is 5.92 Å². The van der Waals surface area contributed by atoms with E-state index in [1.807, 2.05) is 0 Å². The van der Waals surface area contributed by atoms with Crippen LogP contribution in [-0.2, 0) is 4.79 Å². The molecule has 1 aliphatic rings. The predicted octanol–water partition coefficient (Wildman–Crippen LogP) is 3.51. The van der Waals surface area contributed by atoms with Crippen molar-refractivity contribution < 1.29 is 19.5 Å². The number of piperidine rings is 1. The van der Waals surface area contributed by atoms with Crippen LogP contribution in [0.15, 0.2) is 48.5 Å². The van der Waals surface area contributed by atoms with Crippen molar-refractivity contribution in [3.63, 3.8) is 0 Å². The van der Waals surface area contributed by atoms with E-state index < -0.39 is 11.9 Å². The van der Waals surface area contributed by atoms with Crippen molar-refractivity contribution >= 4 is 29.3 Å². The molecule has 5 nitrogen and oxygen atoms in total. The minimum Gasteiger partial charge on any atom is -0.481 e. The smallest absolute Gasteiger partial charge is 0.308 e. The first-order chi connectivity index (χ1) is 12.5. The zero-order chi connectivity index (χ0) is 18.7. The number of carbonyl (C=O) groups is 3. The number of halogens is 1. The highest BCUT2D eigenvalue weighted by molar-refractivity contribution is 6.30. The third-order valence-electron chi connectivity index (χ3n) is 4.57. The van der Waals surface area contributed by atoms with Crippen molar-refractivity contribution in [1.29, 1.82) is 0 Å². The van der Waals surface area contributed by atoms with Gasteiger partial charge in [-0.3, -0.25) is 14.4 Å². The van der Waals surface area contributed by atoms with Gasteiger partial charge in [0.1, 0.15) is 0 Å². The summed E-state index contributed by atoms with van der Waals surface area (Å²) in [6, 6.07) is 13.1. The van der Waals surface area contributed by atoms with Crippen molar-refractivity contribution in [2.45, 2.75) is 12.8 Å². The Morgan fingerprint density at radius 2 is 1.65 bits per heavy atom. The monoisotopic (exact) mass is 371 g/mol. The van der Waals surface area contributed by atoms with E-state index in [4.69, 9.17) is 11.6 Å². The zero-order valence-electron chi connectivity index (χ0n) is 14.0. The first kappa shape index (κ1) is 18.1. The summed E-state index contributed by atoms with van der Waals surface area (Å²) in [6.07, 6.45) is 1.19. The summed E-state index contributed by atoms with van der Waals surface area (Å²) >= 11 is 5.86. The molecule has 0 bridgehead atoms. The van der Waals surface area contributed by atoms with E-state index in [-0.39, 0.29) is 18.2 Å². The normalized spacial score (nSPS) is 17.0. The van der Waals surface area contributed by atoms with Gasteiger partial charge < -0.3 is 10.0 Å². The van der Waals surface area contributed by atoms with Gasteiger partial charge in [0, 0.05) is 29.2 Å². The van der Waals surface area contributed by atoms with E-state index in [1.54, 1.807) is 48.5 Å². The molecule has 1 aliphatic heterocycles. The second kappa shape index (κ2) is 7.70. The first-order valence-electron chi connectivity index (χ1n) is 8.38. The van der Waals surface area contributed by atoms with Gasteiger partial charge in [0.2, 0.25) is 0 Å². The standard InChI is InChI=1S/C20H18ClNO4/c21-15-9-7-13(8-10-15)18(23)16-5-1-2-6-17(16)19(24)22-11-3-4-14(12-22)20(25)26/h1-2,5-10,14H,3-4,11-12H2,(H,25,26). The SMILES string of the molecule is O=C(c1ccc(Cl)cc1)c1ccccc1C(=O)N1CCCC(C(=O)O)C1. The van der Waals surface area contributed by atoms with Gasteiger partial charge in [0.05, 0.1) is 11.5 Å². The lowest BCUT2D eigenvalue weighted by molar-refractivity contribution is -0.143. The zero-order valence-corrected chi connectivity index (χ0v) is 14.8. The van der Waals surface area contributed by atoms with E-state index in [1.165, 1.54) is 4.90 Å². The Morgan fingerprint density at radius 1 is 1.00 bits per heavy atom. The lowest BCUT2D eigenvalue weighted by Gasteiger charge is -2.31. The minimum absolute atomic E-state index is 0.164. The lowest BCUT2D eigenvalue weighted by Crippen LogP contribution is -2.42. The number of hydrogen-bond acceptors (Lipinski definition) is 3. The highest BCUT2D eigenvalue weighted by Crippen LogP contribution is 2.22. The Labute approximate surface area is 156 Å². The fourth-order valence-electron chi connectivity index (χ4n) is 3.16. The van der Waals surface area contributed by atoms with Crippen LogP contribution >= 0.6 is 11.6 Å². The van der Waals surface area contributed by atoms with Crippen LogP contribution in [0.4, 0.5) is 0 Å². The maximum Gasteiger partial charge on any atom is 0.308 e. The molecule has 3 rings (SSSR count). The van der Waals surface area contributed by atoms with Crippen molar-refractivity contribution in [3.8, 4) is 0 Å². The number of carboxylic acid groups (broad SMARTS) is 1. The average molecular weight is 372 g/mol. The number of benzene rings is 2. The maximum atomic E-state index is 12.9. The van der Waals surface area contributed by atoms with Crippen LogP contribution in [0.2, 0.25) is 5.02 Å². The number of likely N-dealkylation sites (tertiary alicyclic amines) is 1. The first-order valence-corrected chi connectivity index (χ1v) is 8.76. The molecule has 1 unspecified atom stereocenters. The fourth-order valence-corrected chi connectivity index (χ4v) is 3.28. The van der Waals surface area contributed by atoms with Crippen LogP contribution in [0.25, 0.3) is 0 Å². The number of ketones is 1. The number of nitrogens with zero attached hydrogens (tertiary/aromatic N) is 1. The predicted molar refractivity (Wildman–Crippen MR) is 97.6 cm³/mol. The summed E-state index contributed by atoms with van der Waals surface area (Å²) in [5, 5.41) is 9.75. The van der Waals surface area contributed by atoms with Crippen LogP contribution < -0.4 is 0 Å². The molecular formula is C20H18ClNO4. The molecule has 26 heavy (non-hydrogen) atoms. The molecule has 1 N–H and O–H groups in total. The van der Waals surface area contributed by atoms with Crippen LogP contribution in [0.3, 0.4) is 0 Å². The number of hydrogen-bond donors (Lipinski definition) is 1. The quantitative estimate of drug-likeness (QED) is 0.834. The maximum absolute atomic E-state index is 12.9. The highest BCUT2D eigenvalue weighted by Gasteiger charge is 2.30. The second-order valence-electron chi connectivity index (χ2n) is 6.31. The van der Waals surface area contributed by atoms with Crippen LogP contribution in [-0.4, -0.2) is 40.8 Å². The molecule has 1 saturated heterocycles. The summed E-state index contributed by atoms with van der Waals surface area (Å²) in [5.74, 6) is -2.04. The molecule has 0 aromatic heterocycles. The number of carbonyl (C=O) groups excluding carboxylic acids is 2. The third-order valence-corrected chi connectivity index (χ3v) is 4.82. The Bertz CT molecular complexity index is 847. The number of aliphatic carboxylic acids is 1. The topological polar surface area (TPSA) is 74.7 Å². The second-order valence-corrected chi connectivity index (χ2v) is 6.75. The summed E-state index contributed by atoms with van der Waals surface area (Å²) in [7, 11) is 0. The summed E-state index contributed by atoms with van der Waals surface area (Å²) < 4.78 is 0. The van der Waals surface area contributed by atoms with Crippen molar-refractivity contribution in [1.82, 2.24) is 4.90 Å². The molecular weight excluding hydrogens is 354 g/mol. The van der Waals surface area contributed by atoms with Gasteiger partial charge in [-0.05, 0) is 43.2 Å². The van der Waals surface area contributed by atoms with Gasteiger partial charge in [0.25, 0.3) is 5.91 Å². The third kappa shape index (κ3) is 3.78. The van der Waals surface area contributed by atoms with Gasteiger partial charge >= 0.3 is 5.97 Å². The van der Waals surface area contributed by atoms with Gasteiger partial charge in [-0.25, -0.2) is 0 Å². The van der Waals surface area contributed by atoms with Crippen LogP contribution in [0.5, 0.6) is 0 Å². The molecule has 0 aliphatic carbocycles. The van der Waals surface area contributed by atoms with Crippen molar-refractivity contribution in [3.05, 3.63) is 70.2 Å². The van der Waals surface area contributed by atoms with Crippen LogP contribution in [0, 0.1) is 5.92 Å². The van der Waals surface area contributed by atoms with Gasteiger partial charge in [-0.1, -0.05) is 29.8 Å². The summed E-state index contributed by atoms with van der Waals surface area (Å²) in [4.78, 5) is 38.5. The molecule has 1 fully saturated rings. The molecule has 0 radical (unpaired) electrons. The Hall–Kier alpha value is -2.66. The largest absolute Gasteiger partial charge is 0.481 e. The molecule has 6 heteroatoms. The molecule has 1 amide bonds. The Balaban J connectivity index is 1.89. The highest BCUT2D eigenvalue weighted by atomic mass is 35.5. The minimum atomic E-state index is -0.895. The number of rotatable bonds is 4. The Morgan fingerprint density at radius 3 is 2.31 bits per heavy atom. The lowest BCUT2D eigenvalue weighted by atomic mass is 9.95. The Kier molecular flexibility index (Phi) is 5.38. The number of amides is 1. The average Bonchev–Trinajstić information content (AvgIpc) is 2.67. The van der Waals surface area contributed by atoms with Gasteiger partial charge in [-0.2, -0.15) is 0 Å². The van der Waals surface area contributed by atoms with E-state index in [0.717, 1.165) is 0 Å². The van der Waals surface area contributed by atoms with Crippen LogP contribution in [0.1, 0.15) is 39.1 Å². The number of carboxylic acids is 1. The van der Waals surface area contributed by atoms with E-state index in [9.17, 15) is 19.5 Å². The molecule has 134 valence electrons. The van der Waals surface area contributed by atoms with Crippen molar-refractivity contribution in [2.75, 3.05) is 13.1 Å². The van der Waals surface area contributed by atoms with Gasteiger partial charge in [0.15, 0.2) is 5.78 Å². The van der Waals surface area contributed by atoms with E-state index in [2.05, 4.69) is 0 Å². The molecule has 2 aromatic rings. The molecule has 2 aromatic carbocycles. The van der Waals surface area contributed by atoms with E-state index >= 15 is 0 Å². The van der Waals surface area contributed by atoms with Gasteiger partial charge in [-0.15, -0.1) is 0 Å². The molecule has 0 spiro atoms. The molecule has 0 saturated carbocycles. The fraction of sp³-hybridized carbons (Fsp3) is 0.250. The summed E-state index contributed by atoms with van der Waals surface area (Å²) in [6.45, 7) is 0.656.